The summed E-state index contributed by atoms with van der Waals surface area (Å²) in [6, 6.07) is -0.137. The van der Waals surface area contributed by atoms with Gasteiger partial charge in [0.25, 0.3) is 0 Å². The van der Waals surface area contributed by atoms with Gasteiger partial charge >= 0.3 is 0 Å². The normalized spacial score (nSPS) is 16.0. The van der Waals surface area contributed by atoms with Crippen LogP contribution in [-0.4, -0.2) is 23.2 Å². The van der Waals surface area contributed by atoms with E-state index in [-0.39, 0.29) is 11.9 Å². The third kappa shape index (κ3) is 3.45. The van der Waals surface area contributed by atoms with Gasteiger partial charge in [-0.1, -0.05) is 6.92 Å². The van der Waals surface area contributed by atoms with E-state index in [1.807, 2.05) is 6.92 Å². The van der Waals surface area contributed by atoms with Gasteiger partial charge in [0.1, 0.15) is 0 Å². The first kappa shape index (κ1) is 9.43. The number of aliphatic hydroxyl groups is 1. The highest BCUT2D eigenvalue weighted by Gasteiger charge is 2.11. The van der Waals surface area contributed by atoms with Gasteiger partial charge in [-0.2, -0.15) is 0 Å². The number of hydrogen-bond acceptors (Lipinski definition) is 2. The van der Waals surface area contributed by atoms with Crippen LogP contribution in [-0.2, 0) is 4.79 Å². The zero-order valence-corrected chi connectivity index (χ0v) is 6.72. The fourth-order valence-corrected chi connectivity index (χ4v) is 0.770. The summed E-state index contributed by atoms with van der Waals surface area (Å²) in [5.74, 6) is -0.0972. The van der Waals surface area contributed by atoms with Gasteiger partial charge in [-0.05, 0) is 13.3 Å². The van der Waals surface area contributed by atoms with Crippen molar-refractivity contribution in [3.05, 3.63) is 0 Å². The van der Waals surface area contributed by atoms with E-state index in [1.54, 1.807) is 6.92 Å². The second-order valence-electron chi connectivity index (χ2n) is 2.46. The summed E-state index contributed by atoms with van der Waals surface area (Å²) < 4.78 is 0. The van der Waals surface area contributed by atoms with E-state index >= 15 is 0 Å². The first-order valence-corrected chi connectivity index (χ1v) is 3.53. The fourth-order valence-electron chi connectivity index (χ4n) is 0.770. The van der Waals surface area contributed by atoms with Gasteiger partial charge in [-0.15, -0.1) is 0 Å². The van der Waals surface area contributed by atoms with Crippen LogP contribution in [0.5, 0.6) is 0 Å². The minimum absolute atomic E-state index is 0.0972. The van der Waals surface area contributed by atoms with Crippen molar-refractivity contribution in [1.82, 2.24) is 5.32 Å². The van der Waals surface area contributed by atoms with Crippen LogP contribution in [0.3, 0.4) is 0 Å². The Labute approximate surface area is 61.4 Å². The van der Waals surface area contributed by atoms with Crippen molar-refractivity contribution in [3.63, 3.8) is 0 Å². The molecule has 3 nitrogen and oxygen atoms in total. The number of rotatable bonds is 3. The lowest BCUT2D eigenvalue weighted by Crippen LogP contribution is -2.39. The van der Waals surface area contributed by atoms with E-state index in [2.05, 4.69) is 5.32 Å². The lowest BCUT2D eigenvalue weighted by molar-refractivity contribution is -0.120. The van der Waals surface area contributed by atoms with Gasteiger partial charge in [0.15, 0.2) is 0 Å². The van der Waals surface area contributed by atoms with Gasteiger partial charge in [0.05, 0.1) is 12.1 Å². The summed E-state index contributed by atoms with van der Waals surface area (Å²) >= 11 is 0. The van der Waals surface area contributed by atoms with Crippen LogP contribution >= 0.6 is 0 Å². The Kier molecular flexibility index (Phi) is 4.03. The van der Waals surface area contributed by atoms with E-state index in [4.69, 9.17) is 5.11 Å². The molecule has 0 unspecified atom stereocenters. The number of carbonyl (C=O) groups excluding carboxylic acids is 1. The van der Waals surface area contributed by atoms with Crippen LogP contribution in [0, 0.1) is 0 Å². The molecule has 0 radical (unpaired) electrons. The molecule has 0 aromatic rings. The summed E-state index contributed by atoms with van der Waals surface area (Å²) in [5, 5.41) is 11.8. The number of carbonyl (C=O) groups is 1. The van der Waals surface area contributed by atoms with E-state index < -0.39 is 6.10 Å². The molecule has 0 saturated carbocycles. The summed E-state index contributed by atoms with van der Waals surface area (Å²) in [6.07, 6.45) is 0.241. The number of nitrogens with one attached hydrogen (secondary N) is 1. The van der Waals surface area contributed by atoms with Crippen molar-refractivity contribution in [1.29, 1.82) is 0 Å². The molecule has 2 N–H and O–H groups in total. The molecule has 0 rings (SSSR count). The van der Waals surface area contributed by atoms with Crippen LogP contribution < -0.4 is 5.32 Å². The maximum absolute atomic E-state index is 10.5. The van der Waals surface area contributed by atoms with Crippen LogP contribution in [0.1, 0.15) is 27.2 Å². The molecule has 0 aromatic heterocycles. The molecule has 2 atom stereocenters. The fraction of sp³-hybridized carbons (Fsp3) is 0.857. The summed E-state index contributed by atoms with van der Waals surface area (Å²) in [7, 11) is 0. The Morgan fingerprint density at radius 1 is 1.70 bits per heavy atom. The van der Waals surface area contributed by atoms with Crippen molar-refractivity contribution >= 4 is 5.91 Å². The number of hydrogen-bond donors (Lipinski definition) is 2. The molecule has 0 fully saturated rings. The first-order valence-electron chi connectivity index (χ1n) is 3.53. The standard InChI is InChI=1S/C7H15NO2/c1-4-7(10)5(2)8-6(3)9/h5,7,10H,4H2,1-3H3,(H,8,9)/t5-,7+/m0/s1. The van der Waals surface area contributed by atoms with E-state index in [9.17, 15) is 4.79 Å². The molecule has 0 bridgehead atoms. The molecule has 0 saturated heterocycles. The van der Waals surface area contributed by atoms with Gasteiger partial charge in [0.2, 0.25) is 5.91 Å². The monoisotopic (exact) mass is 145 g/mol. The predicted octanol–water partition coefficient (Wildman–Crippen LogP) is 0.282. The molecule has 1 amide bonds. The predicted molar refractivity (Wildman–Crippen MR) is 39.6 cm³/mol. The summed E-state index contributed by atoms with van der Waals surface area (Å²) in [5.41, 5.74) is 0. The van der Waals surface area contributed by atoms with Gasteiger partial charge in [-0.25, -0.2) is 0 Å². The van der Waals surface area contributed by atoms with Crippen LogP contribution in [0.4, 0.5) is 0 Å². The number of aliphatic hydroxyl groups excluding tert-OH is 1. The van der Waals surface area contributed by atoms with Crippen LogP contribution in [0.25, 0.3) is 0 Å². The molecule has 0 aliphatic carbocycles. The topological polar surface area (TPSA) is 49.3 Å². The van der Waals surface area contributed by atoms with Crippen LogP contribution in [0.2, 0.25) is 0 Å². The molecule has 10 heavy (non-hydrogen) atoms. The Morgan fingerprint density at radius 3 is 2.50 bits per heavy atom. The Balaban J connectivity index is 3.61. The minimum Gasteiger partial charge on any atom is -0.391 e. The van der Waals surface area contributed by atoms with E-state index in [0.717, 1.165) is 0 Å². The van der Waals surface area contributed by atoms with Crippen molar-refractivity contribution in [2.75, 3.05) is 0 Å². The quantitative estimate of drug-likeness (QED) is 0.599. The molecular weight excluding hydrogens is 130 g/mol. The maximum Gasteiger partial charge on any atom is 0.217 e. The minimum atomic E-state index is -0.427. The van der Waals surface area contributed by atoms with Crippen LogP contribution in [0.15, 0.2) is 0 Å². The maximum atomic E-state index is 10.5. The van der Waals surface area contributed by atoms with E-state index in [0.29, 0.717) is 6.42 Å². The molecule has 0 spiro atoms. The lowest BCUT2D eigenvalue weighted by atomic mass is 10.1. The summed E-state index contributed by atoms with van der Waals surface area (Å²) in [6.45, 7) is 5.11. The lowest BCUT2D eigenvalue weighted by Gasteiger charge is -2.17. The van der Waals surface area contributed by atoms with E-state index in [1.165, 1.54) is 6.92 Å². The molecule has 60 valence electrons. The van der Waals surface area contributed by atoms with Gasteiger partial charge < -0.3 is 10.4 Å². The second kappa shape index (κ2) is 4.28. The van der Waals surface area contributed by atoms with Gasteiger partial charge in [0, 0.05) is 6.92 Å². The third-order valence-corrected chi connectivity index (χ3v) is 1.43. The zero-order valence-electron chi connectivity index (χ0n) is 6.72. The SMILES string of the molecule is CC[C@@H](O)[C@H](C)NC(C)=O. The second-order valence-corrected chi connectivity index (χ2v) is 2.46. The van der Waals surface area contributed by atoms with Gasteiger partial charge in [-0.3, -0.25) is 4.79 Å². The molecular formula is C7H15NO2. The molecule has 0 heterocycles. The largest absolute Gasteiger partial charge is 0.391 e. The Morgan fingerprint density at radius 2 is 2.20 bits per heavy atom. The Bertz CT molecular complexity index is 114. The highest BCUT2D eigenvalue weighted by atomic mass is 16.3. The van der Waals surface area contributed by atoms with Crippen molar-refractivity contribution in [2.24, 2.45) is 0 Å². The van der Waals surface area contributed by atoms with Crippen molar-refractivity contribution in [2.45, 2.75) is 39.3 Å². The highest BCUT2D eigenvalue weighted by Crippen LogP contribution is 1.96. The summed E-state index contributed by atoms with van der Waals surface area (Å²) in [4.78, 5) is 10.5. The third-order valence-electron chi connectivity index (χ3n) is 1.43. The average Bonchev–Trinajstić information content (AvgIpc) is 1.85. The smallest absolute Gasteiger partial charge is 0.217 e. The average molecular weight is 145 g/mol. The highest BCUT2D eigenvalue weighted by molar-refractivity contribution is 5.73. The molecule has 3 heteroatoms. The van der Waals surface area contributed by atoms with Crippen molar-refractivity contribution < 1.29 is 9.90 Å². The molecule has 0 aliphatic heterocycles. The molecule has 0 aromatic carbocycles. The van der Waals surface area contributed by atoms with Crippen molar-refractivity contribution in [3.8, 4) is 0 Å². The Hall–Kier alpha value is -0.570. The first-order chi connectivity index (χ1) is 4.57. The number of amides is 1. The zero-order chi connectivity index (χ0) is 8.15. The molecule has 0 aliphatic rings.